The quantitative estimate of drug-likeness (QED) is 0.557. The van der Waals surface area contributed by atoms with Crippen molar-refractivity contribution >= 4 is 5.82 Å². The van der Waals surface area contributed by atoms with E-state index < -0.39 is 0 Å². The van der Waals surface area contributed by atoms with Crippen molar-refractivity contribution in [1.29, 1.82) is 0 Å². The summed E-state index contributed by atoms with van der Waals surface area (Å²) in [5, 5.41) is 0. The summed E-state index contributed by atoms with van der Waals surface area (Å²) in [5.74, 6) is 5.88. The van der Waals surface area contributed by atoms with E-state index in [9.17, 15) is 4.79 Å². The van der Waals surface area contributed by atoms with Crippen molar-refractivity contribution in [2.24, 2.45) is 5.84 Å². The largest absolute Gasteiger partial charge is 0.347 e. The number of hydrogen-bond acceptors (Lipinski definition) is 5. The molecule has 2 rings (SSSR count). The van der Waals surface area contributed by atoms with Gasteiger partial charge >= 0.3 is 5.69 Å². The van der Waals surface area contributed by atoms with Gasteiger partial charge in [0.05, 0.1) is 6.54 Å². The molecule has 2 aromatic heterocycles. The monoisotopic (exact) mass is 217 g/mol. The van der Waals surface area contributed by atoms with Gasteiger partial charge in [-0.25, -0.2) is 20.6 Å². The number of hydrogen-bond donors (Lipinski definition) is 2. The summed E-state index contributed by atoms with van der Waals surface area (Å²) < 4.78 is 1.48. The van der Waals surface area contributed by atoms with E-state index in [-0.39, 0.29) is 5.69 Å². The van der Waals surface area contributed by atoms with Crippen LogP contribution in [-0.4, -0.2) is 14.5 Å². The molecule has 16 heavy (non-hydrogen) atoms. The average Bonchev–Trinajstić information content (AvgIpc) is 2.33. The first kappa shape index (κ1) is 10.3. The maximum absolute atomic E-state index is 11.4. The summed E-state index contributed by atoms with van der Waals surface area (Å²) in [6.45, 7) is 0.389. The Kier molecular flexibility index (Phi) is 2.93. The van der Waals surface area contributed by atoms with Gasteiger partial charge in [-0.15, -0.1) is 0 Å². The Morgan fingerprint density at radius 3 is 2.88 bits per heavy atom. The third-order valence-electron chi connectivity index (χ3n) is 2.15. The van der Waals surface area contributed by atoms with Crippen LogP contribution in [0.4, 0.5) is 5.82 Å². The fourth-order valence-electron chi connectivity index (χ4n) is 1.39. The van der Waals surface area contributed by atoms with Crippen LogP contribution in [0, 0.1) is 0 Å². The first-order valence-corrected chi connectivity index (χ1v) is 4.73. The van der Waals surface area contributed by atoms with Gasteiger partial charge in [0.2, 0.25) is 0 Å². The van der Waals surface area contributed by atoms with E-state index in [1.165, 1.54) is 10.8 Å². The molecule has 0 bridgehead atoms. The van der Waals surface area contributed by atoms with E-state index in [2.05, 4.69) is 15.4 Å². The molecule has 0 atom stereocenters. The minimum Gasteiger partial charge on any atom is -0.308 e. The number of nitrogens with zero attached hydrogens (tertiary/aromatic N) is 3. The molecule has 0 saturated heterocycles. The number of nitrogens with one attached hydrogen (secondary N) is 1. The van der Waals surface area contributed by atoms with Crippen LogP contribution in [0.5, 0.6) is 0 Å². The van der Waals surface area contributed by atoms with Crippen LogP contribution in [0.15, 0.2) is 41.6 Å². The van der Waals surface area contributed by atoms with Crippen molar-refractivity contribution in [1.82, 2.24) is 14.5 Å². The Labute approximate surface area is 91.7 Å². The first-order valence-electron chi connectivity index (χ1n) is 4.73. The predicted octanol–water partition coefficient (Wildman–Crippen LogP) is -0.0278. The van der Waals surface area contributed by atoms with Gasteiger partial charge in [-0.3, -0.25) is 4.57 Å². The number of hydrazine groups is 1. The molecule has 2 heterocycles. The van der Waals surface area contributed by atoms with Crippen molar-refractivity contribution in [2.75, 3.05) is 5.43 Å². The third-order valence-corrected chi connectivity index (χ3v) is 2.15. The summed E-state index contributed by atoms with van der Waals surface area (Å²) >= 11 is 0. The molecule has 0 saturated carbocycles. The average molecular weight is 217 g/mol. The highest BCUT2D eigenvalue weighted by Gasteiger charge is 2.03. The molecule has 0 fully saturated rings. The lowest BCUT2D eigenvalue weighted by atomic mass is 10.2. The van der Waals surface area contributed by atoms with Crippen molar-refractivity contribution in [3.05, 3.63) is 52.8 Å². The number of pyridine rings is 1. The van der Waals surface area contributed by atoms with Crippen molar-refractivity contribution in [3.8, 4) is 0 Å². The summed E-state index contributed by atoms with van der Waals surface area (Å²) in [5.41, 5.74) is 3.02. The zero-order valence-corrected chi connectivity index (χ0v) is 8.50. The highest BCUT2D eigenvalue weighted by molar-refractivity contribution is 5.42. The molecule has 0 aliphatic heterocycles. The standard InChI is InChI=1S/C10H11N5O/c11-14-9-8(3-1-4-12-9)7-15-6-2-5-13-10(15)16/h1-6H,7,11H2,(H,12,14). The molecule has 6 nitrogen and oxygen atoms in total. The first-order chi connectivity index (χ1) is 7.81. The Balaban J connectivity index is 2.34. The maximum atomic E-state index is 11.4. The van der Waals surface area contributed by atoms with Crippen molar-refractivity contribution < 1.29 is 0 Å². The topological polar surface area (TPSA) is 85.8 Å². The van der Waals surface area contributed by atoms with Gasteiger partial charge in [0.15, 0.2) is 0 Å². The molecule has 3 N–H and O–H groups in total. The van der Waals surface area contributed by atoms with Crippen molar-refractivity contribution in [2.45, 2.75) is 6.54 Å². The molecule has 0 aromatic carbocycles. The van der Waals surface area contributed by atoms with Crippen molar-refractivity contribution in [3.63, 3.8) is 0 Å². The van der Waals surface area contributed by atoms with Crippen LogP contribution in [-0.2, 0) is 6.54 Å². The van der Waals surface area contributed by atoms with Crippen LogP contribution in [0.3, 0.4) is 0 Å². The lowest BCUT2D eigenvalue weighted by Gasteiger charge is -2.08. The zero-order chi connectivity index (χ0) is 11.4. The van der Waals surface area contributed by atoms with Gasteiger partial charge < -0.3 is 5.43 Å². The minimum absolute atomic E-state index is 0.297. The maximum Gasteiger partial charge on any atom is 0.347 e. The van der Waals surface area contributed by atoms with Crippen LogP contribution >= 0.6 is 0 Å². The number of nitrogen functional groups attached to an aromatic ring is 1. The van der Waals surface area contributed by atoms with E-state index in [4.69, 9.17) is 5.84 Å². The lowest BCUT2D eigenvalue weighted by Crippen LogP contribution is -2.23. The van der Waals surface area contributed by atoms with Gasteiger partial charge in [0, 0.05) is 24.2 Å². The Hall–Kier alpha value is -2.21. The van der Waals surface area contributed by atoms with Gasteiger partial charge in [0.1, 0.15) is 5.82 Å². The second kappa shape index (κ2) is 4.54. The molecule has 0 amide bonds. The van der Waals surface area contributed by atoms with Crippen LogP contribution in [0.25, 0.3) is 0 Å². The van der Waals surface area contributed by atoms with Gasteiger partial charge in [-0.2, -0.15) is 0 Å². The van der Waals surface area contributed by atoms with E-state index in [0.717, 1.165) is 5.56 Å². The number of anilines is 1. The molecule has 0 radical (unpaired) electrons. The summed E-state index contributed by atoms with van der Waals surface area (Å²) in [6.07, 6.45) is 4.76. The van der Waals surface area contributed by atoms with E-state index >= 15 is 0 Å². The fraction of sp³-hybridized carbons (Fsp3) is 0.100. The molecule has 82 valence electrons. The number of aromatic nitrogens is 3. The van der Waals surface area contributed by atoms with Crippen LogP contribution in [0.2, 0.25) is 0 Å². The van der Waals surface area contributed by atoms with E-state index in [0.29, 0.717) is 12.4 Å². The smallest absolute Gasteiger partial charge is 0.308 e. The molecule has 0 aliphatic rings. The Morgan fingerprint density at radius 1 is 1.31 bits per heavy atom. The normalized spacial score (nSPS) is 10.1. The number of rotatable bonds is 3. The highest BCUT2D eigenvalue weighted by atomic mass is 16.1. The Bertz CT molecular complexity index is 536. The fourth-order valence-corrected chi connectivity index (χ4v) is 1.39. The zero-order valence-electron chi connectivity index (χ0n) is 8.50. The molecule has 0 unspecified atom stereocenters. The van der Waals surface area contributed by atoms with Gasteiger partial charge in [-0.05, 0) is 12.1 Å². The molecular weight excluding hydrogens is 206 g/mol. The number of nitrogens with two attached hydrogens (primary N) is 1. The van der Waals surface area contributed by atoms with E-state index in [1.807, 2.05) is 6.07 Å². The summed E-state index contributed by atoms with van der Waals surface area (Å²) in [7, 11) is 0. The Morgan fingerprint density at radius 2 is 2.12 bits per heavy atom. The lowest BCUT2D eigenvalue weighted by molar-refractivity contribution is 0.725. The third kappa shape index (κ3) is 2.06. The second-order valence-electron chi connectivity index (χ2n) is 3.19. The van der Waals surface area contributed by atoms with Crippen LogP contribution < -0.4 is 17.0 Å². The predicted molar refractivity (Wildman–Crippen MR) is 59.6 cm³/mol. The van der Waals surface area contributed by atoms with E-state index in [1.54, 1.807) is 24.5 Å². The minimum atomic E-state index is -0.297. The highest BCUT2D eigenvalue weighted by Crippen LogP contribution is 2.10. The molecule has 0 aliphatic carbocycles. The molecule has 6 heteroatoms. The van der Waals surface area contributed by atoms with Crippen LogP contribution in [0.1, 0.15) is 5.56 Å². The second-order valence-corrected chi connectivity index (χ2v) is 3.19. The molecule has 2 aromatic rings. The molecule has 0 spiro atoms. The molecular formula is C10H11N5O. The van der Waals surface area contributed by atoms with Gasteiger partial charge in [-0.1, -0.05) is 6.07 Å². The summed E-state index contributed by atoms with van der Waals surface area (Å²) in [6, 6.07) is 5.34. The van der Waals surface area contributed by atoms with Gasteiger partial charge in [0.25, 0.3) is 0 Å². The summed E-state index contributed by atoms with van der Waals surface area (Å²) in [4.78, 5) is 19.1. The SMILES string of the molecule is NNc1ncccc1Cn1cccnc1=O.